The summed E-state index contributed by atoms with van der Waals surface area (Å²) in [6.07, 6.45) is -0.00932. The van der Waals surface area contributed by atoms with Crippen molar-refractivity contribution in [2.45, 2.75) is 54.1 Å². The molecule has 0 spiro atoms. The van der Waals surface area contributed by atoms with Crippen LogP contribution < -0.4 is 0 Å². The van der Waals surface area contributed by atoms with Gasteiger partial charge in [-0.05, 0) is 33.6 Å². The average molecular weight is 244 g/mol. The van der Waals surface area contributed by atoms with Crippen molar-refractivity contribution in [1.82, 2.24) is 0 Å². The van der Waals surface area contributed by atoms with Gasteiger partial charge in [-0.1, -0.05) is 13.8 Å². The van der Waals surface area contributed by atoms with Gasteiger partial charge in [0, 0.05) is 6.42 Å². The molecule has 0 amide bonds. The van der Waals surface area contributed by atoms with Crippen LogP contribution in [-0.2, 0) is 19.1 Å². The Morgan fingerprint density at radius 1 is 1.12 bits per heavy atom. The molecule has 0 bridgehead atoms. The second-order valence-corrected chi connectivity index (χ2v) is 5.75. The SMILES string of the molecule is CC(C)CC(=O)OC(C)COC(=O)C(C)(C)C. The van der Waals surface area contributed by atoms with Gasteiger partial charge in [-0.2, -0.15) is 0 Å². The summed E-state index contributed by atoms with van der Waals surface area (Å²) in [5, 5.41) is 0. The Morgan fingerprint density at radius 3 is 2.06 bits per heavy atom. The average Bonchev–Trinajstić information content (AvgIpc) is 2.10. The maximum absolute atomic E-state index is 11.5. The van der Waals surface area contributed by atoms with Crippen molar-refractivity contribution in [3.63, 3.8) is 0 Å². The molecule has 17 heavy (non-hydrogen) atoms. The third kappa shape index (κ3) is 7.77. The minimum Gasteiger partial charge on any atom is -0.461 e. The molecule has 0 aromatic carbocycles. The van der Waals surface area contributed by atoms with Gasteiger partial charge in [0.25, 0.3) is 0 Å². The van der Waals surface area contributed by atoms with Crippen LogP contribution in [0.2, 0.25) is 0 Å². The highest BCUT2D eigenvalue weighted by molar-refractivity contribution is 5.75. The molecule has 0 radical (unpaired) electrons. The Kier molecular flexibility index (Phi) is 6.21. The maximum atomic E-state index is 11.5. The molecule has 0 aromatic heterocycles. The third-order valence-electron chi connectivity index (χ3n) is 1.97. The molecule has 1 unspecified atom stereocenters. The van der Waals surface area contributed by atoms with Gasteiger partial charge < -0.3 is 9.47 Å². The van der Waals surface area contributed by atoms with Gasteiger partial charge in [-0.25, -0.2) is 0 Å². The molecule has 0 rings (SSSR count). The van der Waals surface area contributed by atoms with Crippen molar-refractivity contribution in [3.05, 3.63) is 0 Å². The van der Waals surface area contributed by atoms with Crippen LogP contribution in [0.4, 0.5) is 0 Å². The van der Waals surface area contributed by atoms with E-state index in [9.17, 15) is 9.59 Å². The second kappa shape index (κ2) is 6.62. The van der Waals surface area contributed by atoms with Crippen molar-refractivity contribution in [1.29, 1.82) is 0 Å². The first-order valence-electron chi connectivity index (χ1n) is 5.99. The monoisotopic (exact) mass is 244 g/mol. The Bertz CT molecular complexity index is 263. The third-order valence-corrected chi connectivity index (χ3v) is 1.97. The normalized spacial score (nSPS) is 13.4. The molecule has 4 heteroatoms. The minimum atomic E-state index is -0.526. The predicted molar refractivity (Wildman–Crippen MR) is 65.4 cm³/mol. The van der Waals surface area contributed by atoms with E-state index in [-0.39, 0.29) is 24.5 Å². The van der Waals surface area contributed by atoms with E-state index in [4.69, 9.17) is 9.47 Å². The van der Waals surface area contributed by atoms with E-state index < -0.39 is 11.5 Å². The van der Waals surface area contributed by atoms with Gasteiger partial charge in [0.2, 0.25) is 0 Å². The quantitative estimate of drug-likeness (QED) is 0.697. The molecule has 1 atom stereocenters. The molecule has 100 valence electrons. The molecule has 0 aliphatic heterocycles. The number of hydrogen-bond acceptors (Lipinski definition) is 4. The molecule has 4 nitrogen and oxygen atoms in total. The number of ether oxygens (including phenoxy) is 2. The van der Waals surface area contributed by atoms with Crippen LogP contribution in [0.5, 0.6) is 0 Å². The zero-order valence-corrected chi connectivity index (χ0v) is 11.7. The summed E-state index contributed by atoms with van der Waals surface area (Å²) >= 11 is 0. The topological polar surface area (TPSA) is 52.6 Å². The number of esters is 2. The second-order valence-electron chi connectivity index (χ2n) is 5.75. The lowest BCUT2D eigenvalue weighted by molar-refractivity contribution is -0.163. The highest BCUT2D eigenvalue weighted by Crippen LogP contribution is 2.15. The van der Waals surface area contributed by atoms with E-state index in [1.54, 1.807) is 27.7 Å². The summed E-state index contributed by atoms with van der Waals surface area (Å²) in [6, 6.07) is 0. The zero-order valence-electron chi connectivity index (χ0n) is 11.7. The first-order chi connectivity index (χ1) is 7.62. The molecule has 0 heterocycles. The molecular weight excluding hydrogens is 220 g/mol. The first-order valence-corrected chi connectivity index (χ1v) is 5.99. The van der Waals surface area contributed by atoms with Crippen LogP contribution >= 0.6 is 0 Å². The van der Waals surface area contributed by atoms with Gasteiger partial charge >= 0.3 is 11.9 Å². The summed E-state index contributed by atoms with van der Waals surface area (Å²) in [6.45, 7) is 11.1. The standard InChI is InChI=1S/C13H24O4/c1-9(2)7-11(14)17-10(3)8-16-12(15)13(4,5)6/h9-10H,7-8H2,1-6H3. The summed E-state index contributed by atoms with van der Waals surface area (Å²) in [5.74, 6) is -0.268. The van der Waals surface area contributed by atoms with Gasteiger partial charge in [-0.3, -0.25) is 9.59 Å². The highest BCUT2D eigenvalue weighted by Gasteiger charge is 2.24. The Morgan fingerprint density at radius 2 is 1.65 bits per heavy atom. The number of carbonyl (C=O) groups excluding carboxylic acids is 2. The van der Waals surface area contributed by atoms with Crippen LogP contribution in [0.25, 0.3) is 0 Å². The fourth-order valence-corrected chi connectivity index (χ4v) is 1.05. The summed E-state index contributed by atoms with van der Waals surface area (Å²) in [7, 11) is 0. The van der Waals surface area contributed by atoms with E-state index in [0.29, 0.717) is 6.42 Å². The van der Waals surface area contributed by atoms with Crippen molar-refractivity contribution >= 4 is 11.9 Å². The number of hydrogen-bond donors (Lipinski definition) is 0. The molecule has 0 saturated carbocycles. The van der Waals surface area contributed by atoms with E-state index >= 15 is 0 Å². The lowest BCUT2D eigenvalue weighted by Gasteiger charge is -2.19. The van der Waals surface area contributed by atoms with Crippen molar-refractivity contribution in [2.24, 2.45) is 11.3 Å². The number of rotatable bonds is 5. The molecule has 0 N–H and O–H groups in total. The zero-order chi connectivity index (χ0) is 13.6. The van der Waals surface area contributed by atoms with Crippen LogP contribution in [-0.4, -0.2) is 24.6 Å². The fraction of sp³-hybridized carbons (Fsp3) is 0.846. The molecule has 0 aliphatic carbocycles. The first kappa shape index (κ1) is 15.9. The van der Waals surface area contributed by atoms with Crippen molar-refractivity contribution < 1.29 is 19.1 Å². The molecule has 0 aliphatic rings. The lowest BCUT2D eigenvalue weighted by atomic mass is 9.97. The predicted octanol–water partition coefficient (Wildman–Crippen LogP) is 2.55. The maximum Gasteiger partial charge on any atom is 0.311 e. The van der Waals surface area contributed by atoms with E-state index in [1.165, 1.54) is 0 Å². The van der Waals surface area contributed by atoms with Gasteiger partial charge in [0.15, 0.2) is 0 Å². The van der Waals surface area contributed by atoms with E-state index in [1.807, 2.05) is 13.8 Å². The van der Waals surface area contributed by atoms with Crippen LogP contribution in [0.3, 0.4) is 0 Å². The largest absolute Gasteiger partial charge is 0.461 e. The lowest BCUT2D eigenvalue weighted by Crippen LogP contribution is -2.28. The fourth-order valence-electron chi connectivity index (χ4n) is 1.05. The van der Waals surface area contributed by atoms with E-state index in [0.717, 1.165) is 0 Å². The Hall–Kier alpha value is -1.06. The summed E-state index contributed by atoms with van der Waals surface area (Å²) in [4.78, 5) is 22.8. The summed E-state index contributed by atoms with van der Waals surface area (Å²) < 4.78 is 10.2. The van der Waals surface area contributed by atoms with Gasteiger partial charge in [0.1, 0.15) is 12.7 Å². The minimum absolute atomic E-state index is 0.111. The highest BCUT2D eigenvalue weighted by atomic mass is 16.6. The molecule has 0 aromatic rings. The van der Waals surface area contributed by atoms with Gasteiger partial charge in [0.05, 0.1) is 5.41 Å². The molecular formula is C13H24O4. The molecule has 0 fully saturated rings. The Labute approximate surface area is 104 Å². The van der Waals surface area contributed by atoms with Crippen LogP contribution in [0, 0.1) is 11.3 Å². The Balaban J connectivity index is 3.92. The van der Waals surface area contributed by atoms with Crippen LogP contribution in [0.1, 0.15) is 48.0 Å². The molecule has 0 saturated heterocycles. The van der Waals surface area contributed by atoms with Crippen molar-refractivity contribution in [2.75, 3.05) is 6.61 Å². The van der Waals surface area contributed by atoms with Gasteiger partial charge in [-0.15, -0.1) is 0 Å². The van der Waals surface area contributed by atoms with Crippen LogP contribution in [0.15, 0.2) is 0 Å². The summed E-state index contributed by atoms with van der Waals surface area (Å²) in [5.41, 5.74) is -0.526. The van der Waals surface area contributed by atoms with E-state index in [2.05, 4.69) is 0 Å². The van der Waals surface area contributed by atoms with Crippen molar-refractivity contribution in [3.8, 4) is 0 Å². The number of carbonyl (C=O) groups is 2. The smallest absolute Gasteiger partial charge is 0.311 e.